The number of aryl methyl sites for hydroxylation is 1. The maximum Gasteiger partial charge on any atom is 0.142 e. The van der Waals surface area contributed by atoms with Crippen molar-refractivity contribution in [1.29, 1.82) is 0 Å². The SMILES string of the molecule is Cc1nc(N)c(Br)c(Br)n1. The highest BCUT2D eigenvalue weighted by atomic mass is 79.9. The van der Waals surface area contributed by atoms with Crippen LogP contribution in [-0.4, -0.2) is 9.97 Å². The molecule has 3 nitrogen and oxygen atoms in total. The van der Waals surface area contributed by atoms with Crippen LogP contribution in [0.5, 0.6) is 0 Å². The molecule has 1 aromatic heterocycles. The lowest BCUT2D eigenvalue weighted by atomic mass is 10.5. The van der Waals surface area contributed by atoms with Gasteiger partial charge in [-0.2, -0.15) is 0 Å². The van der Waals surface area contributed by atoms with Gasteiger partial charge in [-0.05, 0) is 38.8 Å². The van der Waals surface area contributed by atoms with Crippen molar-refractivity contribution >= 4 is 37.7 Å². The molecule has 0 amide bonds. The van der Waals surface area contributed by atoms with Crippen molar-refractivity contribution in [3.8, 4) is 0 Å². The fourth-order valence-electron chi connectivity index (χ4n) is 0.545. The Labute approximate surface area is 75.3 Å². The Balaban J connectivity index is 3.31. The predicted molar refractivity (Wildman–Crippen MR) is 46.6 cm³/mol. The van der Waals surface area contributed by atoms with E-state index >= 15 is 0 Å². The minimum absolute atomic E-state index is 0.458. The largest absolute Gasteiger partial charge is 0.383 e. The van der Waals surface area contributed by atoms with Crippen LogP contribution in [0.2, 0.25) is 0 Å². The van der Waals surface area contributed by atoms with Gasteiger partial charge in [0.25, 0.3) is 0 Å². The first-order valence-corrected chi connectivity index (χ1v) is 4.15. The lowest BCUT2D eigenvalue weighted by Crippen LogP contribution is -1.97. The van der Waals surface area contributed by atoms with Crippen molar-refractivity contribution in [3.63, 3.8) is 0 Å². The van der Waals surface area contributed by atoms with Crippen LogP contribution in [0, 0.1) is 6.92 Å². The van der Waals surface area contributed by atoms with E-state index in [9.17, 15) is 0 Å². The van der Waals surface area contributed by atoms with Gasteiger partial charge in [-0.15, -0.1) is 0 Å². The molecular weight excluding hydrogens is 262 g/mol. The summed E-state index contributed by atoms with van der Waals surface area (Å²) in [4.78, 5) is 7.94. The van der Waals surface area contributed by atoms with Gasteiger partial charge in [0.15, 0.2) is 0 Å². The highest BCUT2D eigenvalue weighted by Gasteiger charge is 2.03. The number of hydrogen-bond donors (Lipinski definition) is 1. The quantitative estimate of drug-likeness (QED) is 0.730. The average Bonchev–Trinajstić information content (AvgIpc) is 1.82. The molecule has 0 spiro atoms. The van der Waals surface area contributed by atoms with Crippen molar-refractivity contribution in [3.05, 3.63) is 14.9 Å². The van der Waals surface area contributed by atoms with Crippen LogP contribution in [0.3, 0.4) is 0 Å². The van der Waals surface area contributed by atoms with Gasteiger partial charge in [0, 0.05) is 0 Å². The maximum atomic E-state index is 5.49. The Morgan fingerprint density at radius 3 is 2.40 bits per heavy atom. The predicted octanol–water partition coefficient (Wildman–Crippen LogP) is 1.89. The number of aromatic nitrogens is 2. The fraction of sp³-hybridized carbons (Fsp3) is 0.200. The van der Waals surface area contributed by atoms with Gasteiger partial charge in [0.05, 0.1) is 4.47 Å². The fourth-order valence-corrected chi connectivity index (χ4v) is 1.18. The number of nitrogen functional groups attached to an aromatic ring is 1. The van der Waals surface area contributed by atoms with Crippen molar-refractivity contribution in [1.82, 2.24) is 9.97 Å². The molecule has 54 valence electrons. The van der Waals surface area contributed by atoms with E-state index in [0.29, 0.717) is 20.7 Å². The third-order valence-corrected chi connectivity index (χ3v) is 2.84. The van der Waals surface area contributed by atoms with Gasteiger partial charge in [0.1, 0.15) is 16.2 Å². The molecule has 0 unspecified atom stereocenters. The molecule has 0 saturated carbocycles. The second-order valence-corrected chi connectivity index (χ2v) is 3.30. The standard InChI is InChI=1S/C5H5Br2N3/c1-2-9-4(7)3(6)5(8)10-2/h1H3,(H2,8,9,10). The molecule has 0 aliphatic carbocycles. The van der Waals surface area contributed by atoms with Crippen LogP contribution < -0.4 is 5.73 Å². The summed E-state index contributed by atoms with van der Waals surface area (Å²) in [6, 6.07) is 0. The summed E-state index contributed by atoms with van der Waals surface area (Å²) < 4.78 is 1.40. The van der Waals surface area contributed by atoms with E-state index in [-0.39, 0.29) is 0 Å². The maximum absolute atomic E-state index is 5.49. The van der Waals surface area contributed by atoms with Crippen molar-refractivity contribution in [2.45, 2.75) is 6.92 Å². The first-order valence-electron chi connectivity index (χ1n) is 2.56. The molecule has 1 aromatic rings. The number of rotatable bonds is 0. The molecule has 1 rings (SSSR count). The summed E-state index contributed by atoms with van der Waals surface area (Å²) in [6.45, 7) is 1.79. The zero-order chi connectivity index (χ0) is 7.72. The van der Waals surface area contributed by atoms with Gasteiger partial charge in [-0.25, -0.2) is 9.97 Å². The Morgan fingerprint density at radius 2 is 1.90 bits per heavy atom. The normalized spacial score (nSPS) is 9.90. The number of nitrogens with two attached hydrogens (primary N) is 1. The van der Waals surface area contributed by atoms with Crippen LogP contribution in [0.4, 0.5) is 5.82 Å². The van der Waals surface area contributed by atoms with Gasteiger partial charge < -0.3 is 5.73 Å². The minimum Gasteiger partial charge on any atom is -0.383 e. The third kappa shape index (κ3) is 1.46. The first kappa shape index (κ1) is 7.94. The molecule has 0 bridgehead atoms. The molecule has 0 aliphatic rings. The van der Waals surface area contributed by atoms with Crippen LogP contribution >= 0.6 is 31.9 Å². The van der Waals surface area contributed by atoms with Crippen molar-refractivity contribution < 1.29 is 0 Å². The number of halogens is 2. The lowest BCUT2D eigenvalue weighted by Gasteiger charge is -1.99. The zero-order valence-corrected chi connectivity index (χ0v) is 8.40. The van der Waals surface area contributed by atoms with E-state index in [2.05, 4.69) is 41.8 Å². The summed E-state index contributed by atoms with van der Waals surface area (Å²) in [6.07, 6.45) is 0. The Morgan fingerprint density at radius 1 is 1.30 bits per heavy atom. The molecule has 0 saturated heterocycles. The Hall–Kier alpha value is -0.160. The van der Waals surface area contributed by atoms with E-state index < -0.39 is 0 Å². The van der Waals surface area contributed by atoms with Crippen LogP contribution in [0.1, 0.15) is 5.82 Å². The summed E-state index contributed by atoms with van der Waals surface area (Å²) in [5, 5.41) is 0. The number of hydrogen-bond acceptors (Lipinski definition) is 3. The molecule has 0 radical (unpaired) electrons. The topological polar surface area (TPSA) is 51.8 Å². The zero-order valence-electron chi connectivity index (χ0n) is 5.23. The monoisotopic (exact) mass is 265 g/mol. The second-order valence-electron chi connectivity index (χ2n) is 1.76. The number of anilines is 1. The molecule has 0 aromatic carbocycles. The Bertz CT molecular complexity index is 238. The molecule has 1 heterocycles. The molecule has 0 fully saturated rings. The van der Waals surface area contributed by atoms with Crippen LogP contribution in [0.15, 0.2) is 9.08 Å². The van der Waals surface area contributed by atoms with E-state index in [1.165, 1.54) is 0 Å². The first-order chi connectivity index (χ1) is 4.61. The summed E-state index contributed by atoms with van der Waals surface area (Å²) in [5.41, 5.74) is 5.49. The summed E-state index contributed by atoms with van der Waals surface area (Å²) in [7, 11) is 0. The van der Waals surface area contributed by atoms with Gasteiger partial charge in [-0.1, -0.05) is 0 Å². The smallest absolute Gasteiger partial charge is 0.142 e. The molecule has 2 N–H and O–H groups in total. The number of nitrogens with zero attached hydrogens (tertiary/aromatic N) is 2. The highest BCUT2D eigenvalue weighted by molar-refractivity contribution is 9.13. The lowest BCUT2D eigenvalue weighted by molar-refractivity contribution is 1.03. The van der Waals surface area contributed by atoms with Crippen molar-refractivity contribution in [2.75, 3.05) is 5.73 Å². The Kier molecular flexibility index (Phi) is 2.25. The third-order valence-electron chi connectivity index (χ3n) is 0.948. The van der Waals surface area contributed by atoms with Crippen molar-refractivity contribution in [2.24, 2.45) is 0 Å². The molecule has 0 atom stereocenters. The van der Waals surface area contributed by atoms with Gasteiger partial charge >= 0.3 is 0 Å². The molecule has 10 heavy (non-hydrogen) atoms. The second kappa shape index (κ2) is 2.84. The summed E-state index contributed by atoms with van der Waals surface area (Å²) in [5.74, 6) is 1.12. The minimum atomic E-state index is 0.458. The summed E-state index contributed by atoms with van der Waals surface area (Å²) >= 11 is 6.44. The average molecular weight is 267 g/mol. The van der Waals surface area contributed by atoms with Gasteiger partial charge in [-0.3, -0.25) is 0 Å². The molecule has 5 heteroatoms. The van der Waals surface area contributed by atoms with E-state index in [1.807, 2.05) is 0 Å². The molecular formula is C5H5Br2N3. The van der Waals surface area contributed by atoms with E-state index in [4.69, 9.17) is 5.73 Å². The van der Waals surface area contributed by atoms with Crippen LogP contribution in [-0.2, 0) is 0 Å². The van der Waals surface area contributed by atoms with Crippen LogP contribution in [0.25, 0.3) is 0 Å². The van der Waals surface area contributed by atoms with E-state index in [1.54, 1.807) is 6.92 Å². The highest BCUT2D eigenvalue weighted by Crippen LogP contribution is 2.24. The van der Waals surface area contributed by atoms with E-state index in [0.717, 1.165) is 0 Å². The van der Waals surface area contributed by atoms with Gasteiger partial charge in [0.2, 0.25) is 0 Å². The molecule has 0 aliphatic heterocycles.